The summed E-state index contributed by atoms with van der Waals surface area (Å²) in [6, 6.07) is 12.9. The first-order valence-corrected chi connectivity index (χ1v) is 10.6. The number of fused-ring (bicyclic) bond motifs is 1. The summed E-state index contributed by atoms with van der Waals surface area (Å²) in [5.41, 5.74) is 3.53. The molecule has 172 valence electrons. The van der Waals surface area contributed by atoms with E-state index in [1.54, 1.807) is 26.2 Å². The molecule has 0 bridgehead atoms. The summed E-state index contributed by atoms with van der Waals surface area (Å²) >= 11 is 0. The van der Waals surface area contributed by atoms with Gasteiger partial charge in [-0.2, -0.15) is 18.3 Å². The van der Waals surface area contributed by atoms with Crippen LogP contribution in [0.5, 0.6) is 0 Å². The number of halogens is 3. The number of para-hydroxylation sites is 2. The Bertz CT molecular complexity index is 1290. The van der Waals surface area contributed by atoms with Crippen molar-refractivity contribution in [3.63, 3.8) is 0 Å². The molecule has 2 aromatic carbocycles. The van der Waals surface area contributed by atoms with Crippen molar-refractivity contribution in [3.05, 3.63) is 77.4 Å². The van der Waals surface area contributed by atoms with Crippen molar-refractivity contribution in [1.29, 1.82) is 0 Å². The second kappa shape index (κ2) is 9.09. The molecule has 0 atom stereocenters. The molecule has 1 N–H and O–H groups in total. The smallest absolute Gasteiger partial charge is 0.356 e. The molecule has 0 fully saturated rings. The summed E-state index contributed by atoms with van der Waals surface area (Å²) in [4.78, 5) is 16.9. The van der Waals surface area contributed by atoms with Gasteiger partial charge in [0.2, 0.25) is 5.91 Å². The number of nitrogens with zero attached hydrogens (tertiary/aromatic N) is 4. The molecule has 2 aromatic heterocycles. The fourth-order valence-electron chi connectivity index (χ4n) is 3.88. The highest BCUT2D eigenvalue weighted by Gasteiger charge is 2.30. The third kappa shape index (κ3) is 4.92. The molecular formula is C24H24F3N5O. The lowest BCUT2D eigenvalue weighted by Crippen LogP contribution is -2.27. The van der Waals surface area contributed by atoms with E-state index in [1.165, 1.54) is 10.7 Å². The van der Waals surface area contributed by atoms with E-state index in [-0.39, 0.29) is 12.3 Å². The summed E-state index contributed by atoms with van der Waals surface area (Å²) in [6.07, 6.45) is -1.78. The highest BCUT2D eigenvalue weighted by Crippen LogP contribution is 2.31. The van der Waals surface area contributed by atoms with Gasteiger partial charge in [-0.15, -0.1) is 0 Å². The van der Waals surface area contributed by atoms with Crippen LogP contribution >= 0.6 is 0 Å². The zero-order valence-corrected chi connectivity index (χ0v) is 18.4. The predicted octanol–water partition coefficient (Wildman–Crippen LogP) is 4.61. The Morgan fingerprint density at radius 3 is 2.67 bits per heavy atom. The zero-order valence-electron chi connectivity index (χ0n) is 18.4. The quantitative estimate of drug-likeness (QED) is 0.414. The Kier molecular flexibility index (Phi) is 6.22. The number of hydrogen-bond donors (Lipinski definition) is 1. The van der Waals surface area contributed by atoms with Crippen LogP contribution < -0.4 is 5.32 Å². The molecule has 0 aliphatic carbocycles. The first-order valence-electron chi connectivity index (χ1n) is 10.6. The van der Waals surface area contributed by atoms with Gasteiger partial charge in [0, 0.05) is 24.3 Å². The molecule has 0 saturated heterocycles. The molecule has 6 nitrogen and oxygen atoms in total. The van der Waals surface area contributed by atoms with Crippen molar-refractivity contribution in [2.45, 2.75) is 39.4 Å². The minimum atomic E-state index is -4.43. The molecule has 0 aliphatic rings. The molecule has 0 saturated carbocycles. The lowest BCUT2D eigenvalue weighted by molar-refractivity contribution is -0.137. The number of hydrogen-bond acceptors (Lipinski definition) is 3. The van der Waals surface area contributed by atoms with Gasteiger partial charge in [0.1, 0.15) is 0 Å². The van der Waals surface area contributed by atoms with Crippen LogP contribution in [0.15, 0.2) is 54.9 Å². The number of benzene rings is 2. The van der Waals surface area contributed by atoms with E-state index in [1.807, 2.05) is 24.3 Å². The first kappa shape index (κ1) is 22.6. The molecule has 2 heterocycles. The predicted molar refractivity (Wildman–Crippen MR) is 119 cm³/mol. The summed E-state index contributed by atoms with van der Waals surface area (Å²) in [6.45, 7) is 4.74. The first-order chi connectivity index (χ1) is 15.7. The largest absolute Gasteiger partial charge is 0.416 e. The van der Waals surface area contributed by atoms with Crippen LogP contribution in [0.25, 0.3) is 16.7 Å². The number of carbonyl (C=O) groups excluding carboxylic acids is 1. The van der Waals surface area contributed by atoms with Crippen molar-refractivity contribution in [2.24, 2.45) is 0 Å². The number of amides is 1. The highest BCUT2D eigenvalue weighted by atomic mass is 19.4. The summed E-state index contributed by atoms with van der Waals surface area (Å²) < 4.78 is 42.7. The fraction of sp³-hybridized carbons (Fsp3) is 0.292. The van der Waals surface area contributed by atoms with Crippen LogP contribution in [0.1, 0.15) is 28.9 Å². The molecule has 1 amide bonds. The normalized spacial score (nSPS) is 11.8. The number of aryl methyl sites for hydroxylation is 2. The number of rotatable bonds is 7. The minimum Gasteiger partial charge on any atom is -0.356 e. The van der Waals surface area contributed by atoms with Crippen molar-refractivity contribution in [2.75, 3.05) is 6.54 Å². The number of imidazole rings is 1. The number of nitrogens with one attached hydrogen (secondary N) is 1. The second-order valence-electron chi connectivity index (χ2n) is 7.92. The Morgan fingerprint density at radius 2 is 1.88 bits per heavy atom. The molecule has 0 spiro atoms. The Balaban J connectivity index is 1.37. The van der Waals surface area contributed by atoms with E-state index in [0.717, 1.165) is 36.1 Å². The minimum absolute atomic E-state index is 0.116. The third-order valence-corrected chi connectivity index (χ3v) is 5.62. The van der Waals surface area contributed by atoms with Crippen LogP contribution in [0, 0.1) is 13.8 Å². The number of aromatic nitrogens is 4. The van der Waals surface area contributed by atoms with Crippen molar-refractivity contribution >= 4 is 16.9 Å². The summed E-state index contributed by atoms with van der Waals surface area (Å²) in [5.74, 6) is -0.153. The number of carbonyl (C=O) groups is 1. The van der Waals surface area contributed by atoms with Gasteiger partial charge in [-0.05, 0) is 50.6 Å². The van der Waals surface area contributed by atoms with Crippen LogP contribution in [-0.4, -0.2) is 31.8 Å². The lowest BCUT2D eigenvalue weighted by atomic mass is 10.1. The van der Waals surface area contributed by atoms with E-state index < -0.39 is 11.7 Å². The van der Waals surface area contributed by atoms with Crippen LogP contribution in [0.3, 0.4) is 0 Å². The van der Waals surface area contributed by atoms with Crippen LogP contribution in [0.2, 0.25) is 0 Å². The Hall–Kier alpha value is -3.62. The molecule has 0 radical (unpaired) electrons. The van der Waals surface area contributed by atoms with Crippen molar-refractivity contribution < 1.29 is 18.0 Å². The van der Waals surface area contributed by atoms with Crippen molar-refractivity contribution in [3.8, 4) is 5.69 Å². The Morgan fingerprint density at radius 1 is 1.09 bits per heavy atom. The lowest BCUT2D eigenvalue weighted by Gasteiger charge is -2.10. The van der Waals surface area contributed by atoms with Crippen molar-refractivity contribution in [1.82, 2.24) is 24.6 Å². The molecule has 0 aliphatic heterocycles. The summed E-state index contributed by atoms with van der Waals surface area (Å²) in [7, 11) is 0. The van der Waals surface area contributed by atoms with Gasteiger partial charge in [-0.1, -0.05) is 18.2 Å². The average molecular weight is 455 g/mol. The van der Waals surface area contributed by atoms with E-state index in [2.05, 4.69) is 20.0 Å². The number of alkyl halides is 3. The fourth-order valence-corrected chi connectivity index (χ4v) is 3.88. The maximum Gasteiger partial charge on any atom is 0.416 e. The van der Waals surface area contributed by atoms with Gasteiger partial charge < -0.3 is 9.88 Å². The molecule has 4 rings (SSSR count). The van der Waals surface area contributed by atoms with Crippen LogP contribution in [0.4, 0.5) is 13.2 Å². The van der Waals surface area contributed by atoms with Gasteiger partial charge in [-0.3, -0.25) is 4.79 Å². The molecule has 33 heavy (non-hydrogen) atoms. The zero-order chi connectivity index (χ0) is 23.6. The van der Waals surface area contributed by atoms with Gasteiger partial charge >= 0.3 is 6.18 Å². The second-order valence-corrected chi connectivity index (χ2v) is 7.92. The third-order valence-electron chi connectivity index (χ3n) is 5.62. The van der Waals surface area contributed by atoms with Gasteiger partial charge in [0.05, 0.1) is 40.7 Å². The highest BCUT2D eigenvalue weighted by molar-refractivity contribution is 5.79. The molecule has 0 unspecified atom stereocenters. The van der Waals surface area contributed by atoms with E-state index in [9.17, 15) is 18.0 Å². The van der Waals surface area contributed by atoms with Gasteiger partial charge in [0.25, 0.3) is 0 Å². The van der Waals surface area contributed by atoms with Crippen LogP contribution in [-0.2, 0) is 23.9 Å². The maximum atomic E-state index is 13.1. The van der Waals surface area contributed by atoms with Gasteiger partial charge in [-0.25, -0.2) is 9.67 Å². The summed E-state index contributed by atoms with van der Waals surface area (Å²) in [5, 5.41) is 7.29. The average Bonchev–Trinajstić information content (AvgIpc) is 3.32. The molecule has 4 aromatic rings. The monoisotopic (exact) mass is 455 g/mol. The van der Waals surface area contributed by atoms with E-state index in [4.69, 9.17) is 0 Å². The standard InChI is InChI=1S/C24H24F3N5O/c1-16-20(17(2)32(30-16)19-8-5-7-18(13-19)24(25,26)27)14-23(33)28-11-6-12-31-15-29-21-9-3-4-10-22(21)31/h3-5,7-10,13,15H,6,11-12,14H2,1-2H3,(H,28,33). The Labute approximate surface area is 189 Å². The molecular weight excluding hydrogens is 431 g/mol. The maximum absolute atomic E-state index is 13.1. The SMILES string of the molecule is Cc1nn(-c2cccc(C(F)(F)F)c2)c(C)c1CC(=O)NCCCn1cnc2ccccc21. The molecule has 9 heteroatoms. The van der Waals surface area contributed by atoms with E-state index >= 15 is 0 Å². The van der Waals surface area contributed by atoms with Gasteiger partial charge in [0.15, 0.2) is 0 Å². The topological polar surface area (TPSA) is 64.7 Å². The van der Waals surface area contributed by atoms with E-state index in [0.29, 0.717) is 29.2 Å².